The van der Waals surface area contributed by atoms with Crippen LogP contribution in [0.15, 0.2) is 0 Å². The van der Waals surface area contributed by atoms with Crippen molar-refractivity contribution >= 4 is 5.97 Å². The number of hydrogen-bond donors (Lipinski definition) is 0. The molecule has 0 saturated carbocycles. The van der Waals surface area contributed by atoms with E-state index in [1.54, 1.807) is 0 Å². The molecule has 0 radical (unpaired) electrons. The number of ether oxygens (including phenoxy) is 1. The predicted molar refractivity (Wildman–Crippen MR) is 59.2 cm³/mol. The van der Waals surface area contributed by atoms with Crippen molar-refractivity contribution in [2.75, 3.05) is 0 Å². The van der Waals surface area contributed by atoms with Gasteiger partial charge in [0.15, 0.2) is 0 Å². The van der Waals surface area contributed by atoms with Gasteiger partial charge < -0.3 is 4.74 Å². The molecule has 0 amide bonds. The topological polar surface area (TPSA) is 26.3 Å². The highest BCUT2D eigenvalue weighted by Gasteiger charge is 2.18. The molecule has 2 nitrogen and oxygen atoms in total. The van der Waals surface area contributed by atoms with Crippen LogP contribution in [0.3, 0.4) is 0 Å². The third kappa shape index (κ3) is 6.93. The van der Waals surface area contributed by atoms with Crippen molar-refractivity contribution in [1.82, 2.24) is 0 Å². The zero-order chi connectivity index (χ0) is 11.2. The Morgan fingerprint density at radius 3 is 2.21 bits per heavy atom. The van der Waals surface area contributed by atoms with Crippen LogP contribution in [0.25, 0.3) is 0 Å². The summed E-state index contributed by atoms with van der Waals surface area (Å²) in [6, 6.07) is 0. The molecule has 1 atom stereocenters. The van der Waals surface area contributed by atoms with Crippen LogP contribution in [0, 0.1) is 5.92 Å². The standard InChI is InChI=1S/C12H24O2/c1-6-8-10(7-2)9-11(13)14-12(3,4)5/h10H,6-9H2,1-5H3/t10-/m1/s1. The molecule has 0 aliphatic carbocycles. The van der Waals surface area contributed by atoms with Crippen LogP contribution in [-0.4, -0.2) is 11.6 Å². The monoisotopic (exact) mass is 200 g/mol. The lowest BCUT2D eigenvalue weighted by atomic mass is 9.97. The van der Waals surface area contributed by atoms with E-state index in [4.69, 9.17) is 4.74 Å². The summed E-state index contributed by atoms with van der Waals surface area (Å²) in [5.74, 6) is 0.438. The number of esters is 1. The highest BCUT2D eigenvalue weighted by atomic mass is 16.6. The van der Waals surface area contributed by atoms with Crippen molar-refractivity contribution in [1.29, 1.82) is 0 Å². The number of carbonyl (C=O) groups excluding carboxylic acids is 1. The second kappa shape index (κ2) is 6.05. The summed E-state index contributed by atoms with van der Waals surface area (Å²) >= 11 is 0. The Kier molecular flexibility index (Phi) is 5.82. The molecule has 0 heterocycles. The van der Waals surface area contributed by atoms with Gasteiger partial charge in [-0.3, -0.25) is 4.79 Å². The first-order valence-electron chi connectivity index (χ1n) is 5.60. The van der Waals surface area contributed by atoms with Gasteiger partial charge in [0, 0.05) is 6.42 Å². The van der Waals surface area contributed by atoms with Crippen LogP contribution in [0.4, 0.5) is 0 Å². The highest BCUT2D eigenvalue weighted by molar-refractivity contribution is 5.70. The lowest BCUT2D eigenvalue weighted by Crippen LogP contribution is -2.25. The molecule has 0 aliphatic rings. The molecular formula is C12H24O2. The molecule has 0 aromatic carbocycles. The van der Waals surface area contributed by atoms with E-state index in [-0.39, 0.29) is 11.6 Å². The fraction of sp³-hybridized carbons (Fsp3) is 0.917. The molecule has 14 heavy (non-hydrogen) atoms. The Morgan fingerprint density at radius 2 is 1.86 bits per heavy atom. The average molecular weight is 200 g/mol. The van der Waals surface area contributed by atoms with Gasteiger partial charge in [-0.25, -0.2) is 0 Å². The lowest BCUT2D eigenvalue weighted by Gasteiger charge is -2.21. The molecule has 0 aromatic heterocycles. The number of carbonyl (C=O) groups is 1. The first-order valence-corrected chi connectivity index (χ1v) is 5.60. The van der Waals surface area contributed by atoms with Crippen molar-refractivity contribution in [2.45, 2.75) is 65.9 Å². The summed E-state index contributed by atoms with van der Waals surface area (Å²) in [6.07, 6.45) is 3.89. The second-order valence-electron chi connectivity index (χ2n) is 4.85. The van der Waals surface area contributed by atoms with Gasteiger partial charge in [-0.05, 0) is 26.7 Å². The van der Waals surface area contributed by atoms with Gasteiger partial charge in [0.05, 0.1) is 0 Å². The molecule has 0 unspecified atom stereocenters. The van der Waals surface area contributed by atoms with Gasteiger partial charge in [-0.2, -0.15) is 0 Å². The van der Waals surface area contributed by atoms with Gasteiger partial charge in [-0.15, -0.1) is 0 Å². The minimum atomic E-state index is -0.346. The normalized spacial score (nSPS) is 13.8. The maximum Gasteiger partial charge on any atom is 0.306 e. The molecular weight excluding hydrogens is 176 g/mol. The summed E-state index contributed by atoms with van der Waals surface area (Å²) in [6.45, 7) is 10.0. The zero-order valence-corrected chi connectivity index (χ0v) is 10.2. The fourth-order valence-electron chi connectivity index (χ4n) is 1.48. The molecule has 84 valence electrons. The SMILES string of the molecule is CCC[C@@H](CC)CC(=O)OC(C)(C)C. The minimum absolute atomic E-state index is 0.0576. The van der Waals surface area contributed by atoms with Crippen molar-refractivity contribution < 1.29 is 9.53 Å². The summed E-state index contributed by atoms with van der Waals surface area (Å²) in [7, 11) is 0. The highest BCUT2D eigenvalue weighted by Crippen LogP contribution is 2.18. The number of rotatable bonds is 5. The molecule has 2 heteroatoms. The van der Waals surface area contributed by atoms with Crippen LogP contribution in [-0.2, 0) is 9.53 Å². The van der Waals surface area contributed by atoms with E-state index in [0.29, 0.717) is 12.3 Å². The first-order chi connectivity index (χ1) is 6.39. The molecule has 0 aliphatic heterocycles. The number of hydrogen-bond acceptors (Lipinski definition) is 2. The molecule has 0 spiro atoms. The van der Waals surface area contributed by atoms with Crippen LogP contribution >= 0.6 is 0 Å². The van der Waals surface area contributed by atoms with E-state index < -0.39 is 0 Å². The van der Waals surface area contributed by atoms with E-state index in [9.17, 15) is 4.79 Å². The van der Waals surface area contributed by atoms with E-state index in [2.05, 4.69) is 13.8 Å². The molecule has 0 rings (SSSR count). The second-order valence-corrected chi connectivity index (χ2v) is 4.85. The molecule has 0 saturated heterocycles. The fourth-order valence-corrected chi connectivity index (χ4v) is 1.48. The zero-order valence-electron chi connectivity index (χ0n) is 10.2. The van der Waals surface area contributed by atoms with Gasteiger partial charge >= 0.3 is 5.97 Å². The Morgan fingerprint density at radius 1 is 1.29 bits per heavy atom. The quantitative estimate of drug-likeness (QED) is 0.634. The summed E-state index contributed by atoms with van der Waals surface area (Å²) in [5, 5.41) is 0. The van der Waals surface area contributed by atoms with E-state index >= 15 is 0 Å². The largest absolute Gasteiger partial charge is 0.460 e. The third-order valence-electron chi connectivity index (χ3n) is 2.15. The van der Waals surface area contributed by atoms with Crippen molar-refractivity contribution in [3.63, 3.8) is 0 Å². The van der Waals surface area contributed by atoms with Crippen LogP contribution in [0.5, 0.6) is 0 Å². The third-order valence-corrected chi connectivity index (χ3v) is 2.15. The summed E-state index contributed by atoms with van der Waals surface area (Å²) in [4.78, 5) is 11.5. The van der Waals surface area contributed by atoms with Gasteiger partial charge in [0.2, 0.25) is 0 Å². The van der Waals surface area contributed by atoms with E-state index in [0.717, 1.165) is 19.3 Å². The van der Waals surface area contributed by atoms with Crippen LogP contribution in [0.2, 0.25) is 0 Å². The van der Waals surface area contributed by atoms with Crippen molar-refractivity contribution in [2.24, 2.45) is 5.92 Å². The Labute approximate surface area is 88.0 Å². The Balaban J connectivity index is 3.91. The first kappa shape index (κ1) is 13.5. The smallest absolute Gasteiger partial charge is 0.306 e. The maximum absolute atomic E-state index is 11.5. The molecule has 0 bridgehead atoms. The predicted octanol–water partition coefficient (Wildman–Crippen LogP) is 3.54. The van der Waals surface area contributed by atoms with E-state index in [1.807, 2.05) is 20.8 Å². The lowest BCUT2D eigenvalue weighted by molar-refractivity contribution is -0.156. The maximum atomic E-state index is 11.5. The van der Waals surface area contributed by atoms with E-state index in [1.165, 1.54) is 0 Å². The Bertz CT molecular complexity index is 168. The van der Waals surface area contributed by atoms with Gasteiger partial charge in [0.25, 0.3) is 0 Å². The average Bonchev–Trinajstić information content (AvgIpc) is 2.00. The van der Waals surface area contributed by atoms with Gasteiger partial charge in [0.1, 0.15) is 5.60 Å². The molecule has 0 N–H and O–H groups in total. The minimum Gasteiger partial charge on any atom is -0.460 e. The van der Waals surface area contributed by atoms with Gasteiger partial charge in [-0.1, -0.05) is 33.1 Å². The molecule has 0 fully saturated rings. The van der Waals surface area contributed by atoms with Crippen molar-refractivity contribution in [3.05, 3.63) is 0 Å². The van der Waals surface area contributed by atoms with Crippen molar-refractivity contribution in [3.8, 4) is 0 Å². The molecule has 0 aromatic rings. The summed E-state index contributed by atoms with van der Waals surface area (Å²) < 4.78 is 5.28. The summed E-state index contributed by atoms with van der Waals surface area (Å²) in [5.41, 5.74) is -0.346. The Hall–Kier alpha value is -0.530. The van der Waals surface area contributed by atoms with Crippen LogP contribution in [0.1, 0.15) is 60.3 Å². The van der Waals surface area contributed by atoms with Crippen LogP contribution < -0.4 is 0 Å².